The summed E-state index contributed by atoms with van der Waals surface area (Å²) < 4.78 is 17.3. The smallest absolute Gasteiger partial charge is 0.172 e. The first-order valence-electron chi connectivity index (χ1n) is 6.12. The van der Waals surface area contributed by atoms with Gasteiger partial charge in [0.1, 0.15) is 5.60 Å². The lowest BCUT2D eigenvalue weighted by Crippen LogP contribution is -2.53. The Kier molecular flexibility index (Phi) is 3.91. The Morgan fingerprint density at radius 1 is 1.18 bits per heavy atom. The first-order chi connectivity index (χ1) is 8.33. The van der Waals surface area contributed by atoms with Crippen LogP contribution < -0.4 is 5.32 Å². The van der Waals surface area contributed by atoms with Crippen LogP contribution in [0.15, 0.2) is 12.5 Å². The van der Waals surface area contributed by atoms with E-state index in [0.717, 1.165) is 52.6 Å². The molecule has 0 aromatic carbocycles. The fourth-order valence-corrected chi connectivity index (χ4v) is 2.86. The van der Waals surface area contributed by atoms with Crippen LogP contribution in [-0.4, -0.2) is 43.4 Å². The molecule has 1 saturated carbocycles. The molecule has 98 valence electrons. The molecule has 3 aliphatic rings. The number of hydrogen-bond acceptors (Lipinski definition) is 5. The maximum atomic E-state index is 7.00. The molecule has 5 heteroatoms. The minimum absolute atomic E-state index is 0.114. The van der Waals surface area contributed by atoms with E-state index in [1.54, 1.807) is 6.26 Å². The normalized spacial score (nSPS) is 33.8. The molecule has 2 N–H and O–H groups in total. The molecule has 17 heavy (non-hydrogen) atoms. The monoisotopic (exact) mass is 243 g/mol. The van der Waals surface area contributed by atoms with E-state index in [9.17, 15) is 0 Å². The molecule has 0 bridgehead atoms. The molecule has 2 aliphatic heterocycles. The summed E-state index contributed by atoms with van der Waals surface area (Å²) in [5.74, 6) is -0.356. The summed E-state index contributed by atoms with van der Waals surface area (Å²) in [5, 5.41) is 10.2. The van der Waals surface area contributed by atoms with Gasteiger partial charge >= 0.3 is 0 Å². The number of hydrogen-bond donors (Lipinski definition) is 2. The Morgan fingerprint density at radius 3 is 2.59 bits per heavy atom. The lowest BCUT2D eigenvalue weighted by molar-refractivity contribution is -0.219. The van der Waals surface area contributed by atoms with Gasteiger partial charge in [0.2, 0.25) is 0 Å². The van der Waals surface area contributed by atoms with E-state index < -0.39 is 0 Å². The Labute approximate surface area is 102 Å². The summed E-state index contributed by atoms with van der Waals surface area (Å²) >= 11 is 0. The molecular weight excluding hydrogens is 222 g/mol. The van der Waals surface area contributed by atoms with Crippen molar-refractivity contribution in [2.24, 2.45) is 0 Å². The SMILES string of the molecule is C1=COC2(CCCC3(C2)OCCO3)CN1.CO. The van der Waals surface area contributed by atoms with Crippen molar-refractivity contribution in [1.82, 2.24) is 5.32 Å². The van der Waals surface area contributed by atoms with Crippen molar-refractivity contribution in [2.75, 3.05) is 26.9 Å². The van der Waals surface area contributed by atoms with Crippen molar-refractivity contribution in [1.29, 1.82) is 0 Å². The van der Waals surface area contributed by atoms with Gasteiger partial charge in [-0.2, -0.15) is 0 Å². The number of aliphatic hydroxyl groups is 1. The van der Waals surface area contributed by atoms with Crippen LogP contribution in [-0.2, 0) is 14.2 Å². The van der Waals surface area contributed by atoms with E-state index >= 15 is 0 Å². The summed E-state index contributed by atoms with van der Waals surface area (Å²) in [6.45, 7) is 2.30. The Hall–Kier alpha value is -0.780. The predicted octanol–water partition coefficient (Wildman–Crippen LogP) is 0.742. The maximum absolute atomic E-state index is 7.00. The van der Waals surface area contributed by atoms with Gasteiger partial charge in [0.15, 0.2) is 5.79 Å². The van der Waals surface area contributed by atoms with Crippen molar-refractivity contribution >= 4 is 0 Å². The summed E-state index contributed by atoms with van der Waals surface area (Å²) in [7, 11) is 1.00. The number of aliphatic hydroxyl groups excluding tert-OH is 1. The largest absolute Gasteiger partial charge is 0.491 e. The zero-order valence-electron chi connectivity index (χ0n) is 10.3. The first-order valence-corrected chi connectivity index (χ1v) is 6.12. The molecule has 1 atom stereocenters. The van der Waals surface area contributed by atoms with Crippen LogP contribution in [0.4, 0.5) is 0 Å². The van der Waals surface area contributed by atoms with Crippen LogP contribution in [0.25, 0.3) is 0 Å². The fraction of sp³-hybridized carbons (Fsp3) is 0.833. The highest BCUT2D eigenvalue weighted by molar-refractivity contribution is 5.00. The van der Waals surface area contributed by atoms with Crippen LogP contribution in [0, 0.1) is 0 Å². The standard InChI is InChI=1S/C11H17NO3.CH4O/c1-2-10(9-12-4-5-13-10)8-11(3-1)14-6-7-15-11;1-2/h4-5,12H,1-3,6-9H2;2H,1H3. The fourth-order valence-electron chi connectivity index (χ4n) is 2.86. The van der Waals surface area contributed by atoms with E-state index in [0.29, 0.717) is 0 Å². The van der Waals surface area contributed by atoms with Gasteiger partial charge in [-0.05, 0) is 12.8 Å². The van der Waals surface area contributed by atoms with Crippen molar-refractivity contribution in [2.45, 2.75) is 37.1 Å². The molecule has 5 nitrogen and oxygen atoms in total. The van der Waals surface area contributed by atoms with Crippen LogP contribution >= 0.6 is 0 Å². The third kappa shape index (κ3) is 2.56. The molecule has 1 unspecified atom stereocenters. The van der Waals surface area contributed by atoms with E-state index in [2.05, 4.69) is 5.32 Å². The van der Waals surface area contributed by atoms with Gasteiger partial charge in [-0.1, -0.05) is 0 Å². The second-order valence-corrected chi connectivity index (χ2v) is 4.62. The van der Waals surface area contributed by atoms with Crippen molar-refractivity contribution in [3.63, 3.8) is 0 Å². The second-order valence-electron chi connectivity index (χ2n) is 4.62. The van der Waals surface area contributed by atoms with Crippen LogP contribution in [0.5, 0.6) is 0 Å². The summed E-state index contributed by atoms with van der Waals surface area (Å²) in [6, 6.07) is 0. The molecule has 2 fully saturated rings. The van der Waals surface area contributed by atoms with Gasteiger partial charge in [0.25, 0.3) is 0 Å². The highest BCUT2D eigenvalue weighted by Gasteiger charge is 2.50. The molecule has 0 aromatic rings. The zero-order valence-corrected chi connectivity index (χ0v) is 10.3. The number of rotatable bonds is 0. The second kappa shape index (κ2) is 5.25. The maximum Gasteiger partial charge on any atom is 0.172 e. The van der Waals surface area contributed by atoms with Gasteiger partial charge in [0, 0.05) is 26.2 Å². The van der Waals surface area contributed by atoms with Crippen LogP contribution in [0.3, 0.4) is 0 Å². The Bertz CT molecular complexity index is 276. The highest BCUT2D eigenvalue weighted by atomic mass is 16.7. The van der Waals surface area contributed by atoms with Crippen molar-refractivity contribution in [3.05, 3.63) is 12.5 Å². The van der Waals surface area contributed by atoms with Crippen LogP contribution in [0.1, 0.15) is 25.7 Å². The lowest BCUT2D eigenvalue weighted by Gasteiger charge is -2.45. The van der Waals surface area contributed by atoms with Gasteiger partial charge < -0.3 is 24.6 Å². The van der Waals surface area contributed by atoms with Crippen LogP contribution in [0.2, 0.25) is 0 Å². The minimum atomic E-state index is -0.356. The van der Waals surface area contributed by atoms with E-state index in [-0.39, 0.29) is 11.4 Å². The minimum Gasteiger partial charge on any atom is -0.491 e. The van der Waals surface area contributed by atoms with Gasteiger partial charge in [-0.25, -0.2) is 0 Å². The average Bonchev–Trinajstić information content (AvgIpc) is 2.80. The lowest BCUT2D eigenvalue weighted by atomic mass is 9.80. The highest BCUT2D eigenvalue weighted by Crippen LogP contribution is 2.43. The molecule has 1 saturated heterocycles. The first kappa shape index (κ1) is 12.7. The summed E-state index contributed by atoms with van der Waals surface area (Å²) in [5.41, 5.74) is -0.114. The molecule has 0 amide bonds. The zero-order chi connectivity index (χ0) is 12.2. The van der Waals surface area contributed by atoms with Crippen molar-refractivity contribution in [3.8, 4) is 0 Å². The third-order valence-corrected chi connectivity index (χ3v) is 3.52. The topological polar surface area (TPSA) is 60.0 Å². The summed E-state index contributed by atoms with van der Waals surface area (Å²) in [6.07, 6.45) is 7.63. The Morgan fingerprint density at radius 2 is 1.94 bits per heavy atom. The summed E-state index contributed by atoms with van der Waals surface area (Å²) in [4.78, 5) is 0. The van der Waals surface area contributed by atoms with E-state index in [4.69, 9.17) is 19.3 Å². The van der Waals surface area contributed by atoms with Gasteiger partial charge in [-0.3, -0.25) is 0 Å². The quantitative estimate of drug-likeness (QED) is 0.657. The number of ether oxygens (including phenoxy) is 3. The molecule has 0 aromatic heterocycles. The molecule has 2 heterocycles. The Balaban J connectivity index is 0.000000514. The third-order valence-electron chi connectivity index (χ3n) is 3.52. The molecule has 0 radical (unpaired) electrons. The molecular formula is C12H21NO4. The number of nitrogens with one attached hydrogen (secondary N) is 1. The van der Waals surface area contributed by atoms with Gasteiger partial charge in [-0.15, -0.1) is 0 Å². The van der Waals surface area contributed by atoms with E-state index in [1.165, 1.54) is 0 Å². The molecule has 1 aliphatic carbocycles. The molecule has 2 spiro atoms. The van der Waals surface area contributed by atoms with E-state index in [1.807, 2.05) is 6.20 Å². The van der Waals surface area contributed by atoms with Crippen molar-refractivity contribution < 1.29 is 19.3 Å². The average molecular weight is 243 g/mol. The van der Waals surface area contributed by atoms with Gasteiger partial charge in [0.05, 0.1) is 26.0 Å². The predicted molar refractivity (Wildman–Crippen MR) is 62.2 cm³/mol. The molecule has 3 rings (SSSR count).